The number of fused-ring (bicyclic) bond motifs is 1. The quantitative estimate of drug-likeness (QED) is 0.858. The van der Waals surface area contributed by atoms with E-state index in [2.05, 4.69) is 37.3 Å². The molecule has 2 aromatic rings. The van der Waals surface area contributed by atoms with E-state index in [9.17, 15) is 0 Å². The minimum atomic E-state index is -0.434. The Bertz CT molecular complexity index is 695. The van der Waals surface area contributed by atoms with Crippen molar-refractivity contribution >= 4 is 17.9 Å². The van der Waals surface area contributed by atoms with Crippen LogP contribution in [0.2, 0.25) is 0 Å². The Kier molecular flexibility index (Phi) is 3.59. The molecule has 1 aliphatic heterocycles. The largest absolute Gasteiger partial charge is 0.480 e. The first-order valence-electron chi connectivity index (χ1n) is 7.82. The zero-order chi connectivity index (χ0) is 16.1. The molecule has 0 saturated carbocycles. The summed E-state index contributed by atoms with van der Waals surface area (Å²) >= 11 is 0. The molecule has 0 radical (unpaired) electrons. The number of benzene rings is 2. The fraction of sp³-hybridized carbons (Fsp3) is 0.444. The molecule has 0 unspecified atom stereocenters. The van der Waals surface area contributed by atoms with Gasteiger partial charge < -0.3 is 15.0 Å². The summed E-state index contributed by atoms with van der Waals surface area (Å²) in [4.78, 5) is 0. The summed E-state index contributed by atoms with van der Waals surface area (Å²) in [6.07, 6.45) is 0. The normalized spacial score (nSPS) is 21.3. The molecule has 116 valence electrons. The van der Waals surface area contributed by atoms with Crippen molar-refractivity contribution in [3.05, 3.63) is 47.5 Å². The molecule has 0 bridgehead atoms. The lowest BCUT2D eigenvalue weighted by Gasteiger charge is -2.32. The molecule has 3 nitrogen and oxygen atoms in total. The van der Waals surface area contributed by atoms with Gasteiger partial charge in [0.2, 0.25) is 0 Å². The van der Waals surface area contributed by atoms with Gasteiger partial charge in [-0.1, -0.05) is 36.4 Å². The van der Waals surface area contributed by atoms with Crippen molar-refractivity contribution in [2.24, 2.45) is 5.73 Å². The Morgan fingerprint density at radius 2 is 1.45 bits per heavy atom. The number of aryl methyl sites for hydroxylation is 1. The van der Waals surface area contributed by atoms with E-state index in [4.69, 9.17) is 15.0 Å². The van der Waals surface area contributed by atoms with Crippen LogP contribution in [0.25, 0.3) is 10.8 Å². The van der Waals surface area contributed by atoms with Crippen LogP contribution in [0.15, 0.2) is 36.4 Å². The number of nitrogens with two attached hydrogens (primary N) is 1. The SMILES string of the molecule is Cc1ccc([C@@H](N)B2OC(C)(C)C(C)(C)O2)c2ccccc12. The van der Waals surface area contributed by atoms with Gasteiger partial charge in [-0.3, -0.25) is 0 Å². The van der Waals surface area contributed by atoms with Crippen LogP contribution in [0.5, 0.6) is 0 Å². The van der Waals surface area contributed by atoms with Gasteiger partial charge in [-0.2, -0.15) is 0 Å². The average Bonchev–Trinajstić information content (AvgIpc) is 2.68. The maximum absolute atomic E-state index is 6.51. The van der Waals surface area contributed by atoms with Crippen molar-refractivity contribution in [2.45, 2.75) is 51.8 Å². The molecule has 0 amide bonds. The monoisotopic (exact) mass is 297 g/mol. The third kappa shape index (κ3) is 2.36. The Morgan fingerprint density at radius 3 is 2.05 bits per heavy atom. The third-order valence-electron chi connectivity index (χ3n) is 5.10. The van der Waals surface area contributed by atoms with Crippen LogP contribution in [-0.2, 0) is 9.31 Å². The van der Waals surface area contributed by atoms with Gasteiger partial charge >= 0.3 is 7.12 Å². The van der Waals surface area contributed by atoms with E-state index in [0.29, 0.717) is 0 Å². The summed E-state index contributed by atoms with van der Waals surface area (Å²) in [7, 11) is -0.434. The van der Waals surface area contributed by atoms with Crippen LogP contribution in [0.1, 0.15) is 44.8 Å². The van der Waals surface area contributed by atoms with E-state index >= 15 is 0 Å². The lowest BCUT2D eigenvalue weighted by atomic mass is 9.73. The molecule has 2 N–H and O–H groups in total. The topological polar surface area (TPSA) is 44.5 Å². The molecule has 1 heterocycles. The van der Waals surface area contributed by atoms with Crippen LogP contribution in [0, 0.1) is 6.92 Å². The minimum absolute atomic E-state index is 0.313. The number of hydrogen-bond acceptors (Lipinski definition) is 3. The van der Waals surface area contributed by atoms with E-state index in [1.54, 1.807) is 0 Å². The fourth-order valence-electron chi connectivity index (χ4n) is 2.95. The van der Waals surface area contributed by atoms with Crippen molar-refractivity contribution in [3.8, 4) is 0 Å². The highest BCUT2D eigenvalue weighted by molar-refractivity contribution is 6.47. The molecule has 2 aromatic carbocycles. The lowest BCUT2D eigenvalue weighted by Crippen LogP contribution is -2.41. The second-order valence-corrected chi connectivity index (χ2v) is 7.17. The Balaban J connectivity index is 2.01. The van der Waals surface area contributed by atoms with Crippen molar-refractivity contribution in [1.29, 1.82) is 0 Å². The highest BCUT2D eigenvalue weighted by Gasteiger charge is 2.53. The van der Waals surface area contributed by atoms with Crippen LogP contribution < -0.4 is 5.73 Å². The summed E-state index contributed by atoms with van der Waals surface area (Å²) in [5.41, 5.74) is 8.10. The standard InChI is InChI=1S/C18H24BNO2/c1-12-10-11-15(14-9-7-6-8-13(12)14)16(20)19-21-17(2,3)18(4,5)22-19/h6-11,16H,20H2,1-5H3/t16-/m1/s1. The van der Waals surface area contributed by atoms with Gasteiger partial charge in [0.15, 0.2) is 0 Å². The molecule has 22 heavy (non-hydrogen) atoms. The molecule has 1 aliphatic rings. The van der Waals surface area contributed by atoms with Crippen LogP contribution in [0.4, 0.5) is 0 Å². The predicted molar refractivity (Wildman–Crippen MR) is 91.7 cm³/mol. The molecule has 1 saturated heterocycles. The summed E-state index contributed by atoms with van der Waals surface area (Å²) < 4.78 is 12.2. The van der Waals surface area contributed by atoms with E-state index in [0.717, 1.165) is 5.56 Å². The van der Waals surface area contributed by atoms with Gasteiger partial charge in [0, 0.05) is 0 Å². The summed E-state index contributed by atoms with van der Waals surface area (Å²) in [5.74, 6) is -0.313. The van der Waals surface area contributed by atoms with E-state index in [1.807, 2.05) is 33.8 Å². The zero-order valence-corrected chi connectivity index (χ0v) is 14.0. The maximum Gasteiger partial charge on any atom is 0.480 e. The summed E-state index contributed by atoms with van der Waals surface area (Å²) in [5, 5.41) is 2.40. The molecule has 3 rings (SSSR count). The maximum atomic E-state index is 6.51. The van der Waals surface area contributed by atoms with Gasteiger partial charge in [-0.15, -0.1) is 0 Å². The first-order chi connectivity index (χ1) is 10.2. The molecule has 0 spiro atoms. The van der Waals surface area contributed by atoms with Crippen LogP contribution >= 0.6 is 0 Å². The number of rotatable bonds is 2. The zero-order valence-electron chi connectivity index (χ0n) is 14.0. The third-order valence-corrected chi connectivity index (χ3v) is 5.10. The second-order valence-electron chi connectivity index (χ2n) is 7.17. The molecule has 0 aromatic heterocycles. The highest BCUT2D eigenvalue weighted by Crippen LogP contribution is 2.40. The Morgan fingerprint density at radius 1 is 0.909 bits per heavy atom. The summed E-state index contributed by atoms with van der Waals surface area (Å²) in [6.45, 7) is 10.3. The summed E-state index contributed by atoms with van der Waals surface area (Å²) in [6, 6.07) is 12.5. The minimum Gasteiger partial charge on any atom is -0.402 e. The average molecular weight is 297 g/mol. The Labute approximate surface area is 132 Å². The van der Waals surface area contributed by atoms with E-state index in [-0.39, 0.29) is 17.1 Å². The van der Waals surface area contributed by atoms with Gasteiger partial charge in [0.05, 0.1) is 17.1 Å². The van der Waals surface area contributed by atoms with Gasteiger partial charge in [0.1, 0.15) is 0 Å². The molecule has 1 atom stereocenters. The van der Waals surface area contributed by atoms with Crippen molar-refractivity contribution < 1.29 is 9.31 Å². The van der Waals surface area contributed by atoms with Crippen molar-refractivity contribution in [2.75, 3.05) is 0 Å². The number of hydrogen-bond donors (Lipinski definition) is 1. The highest BCUT2D eigenvalue weighted by atomic mass is 16.7. The van der Waals surface area contributed by atoms with Gasteiger partial charge in [-0.05, 0) is 56.5 Å². The lowest BCUT2D eigenvalue weighted by molar-refractivity contribution is 0.00578. The fourth-order valence-corrected chi connectivity index (χ4v) is 2.95. The van der Waals surface area contributed by atoms with E-state index in [1.165, 1.54) is 16.3 Å². The molecular formula is C18H24BNO2. The first-order valence-corrected chi connectivity index (χ1v) is 7.82. The smallest absolute Gasteiger partial charge is 0.402 e. The van der Waals surface area contributed by atoms with Crippen molar-refractivity contribution in [3.63, 3.8) is 0 Å². The van der Waals surface area contributed by atoms with Gasteiger partial charge in [-0.25, -0.2) is 0 Å². The molecular weight excluding hydrogens is 273 g/mol. The Hall–Kier alpha value is -1.36. The molecule has 4 heteroatoms. The van der Waals surface area contributed by atoms with Crippen molar-refractivity contribution in [1.82, 2.24) is 0 Å². The second kappa shape index (κ2) is 5.09. The first kappa shape index (κ1) is 15.5. The van der Waals surface area contributed by atoms with Crippen LogP contribution in [0.3, 0.4) is 0 Å². The predicted octanol–water partition coefficient (Wildman–Crippen LogP) is 3.78. The van der Waals surface area contributed by atoms with E-state index < -0.39 is 7.12 Å². The molecule has 1 fully saturated rings. The molecule has 0 aliphatic carbocycles. The van der Waals surface area contributed by atoms with Gasteiger partial charge in [0.25, 0.3) is 0 Å². The van der Waals surface area contributed by atoms with Crippen LogP contribution in [-0.4, -0.2) is 18.3 Å².